The van der Waals surface area contributed by atoms with E-state index < -0.39 is 0 Å². The molecule has 0 aromatic heterocycles. The molecule has 24 heavy (non-hydrogen) atoms. The van der Waals surface area contributed by atoms with Crippen molar-refractivity contribution in [2.75, 3.05) is 14.2 Å². The number of methoxy groups -OCH3 is 2. The van der Waals surface area contributed by atoms with Gasteiger partial charge in [-0.3, -0.25) is 0 Å². The molecular weight excluding hydrogens is 296 g/mol. The van der Waals surface area contributed by atoms with Gasteiger partial charge in [-0.15, -0.1) is 12.3 Å². The van der Waals surface area contributed by atoms with Crippen LogP contribution in [0.2, 0.25) is 0 Å². The van der Waals surface area contributed by atoms with Gasteiger partial charge in [0.05, 0.1) is 14.2 Å². The van der Waals surface area contributed by atoms with Gasteiger partial charge in [0.1, 0.15) is 0 Å². The molecule has 2 nitrogen and oxygen atoms in total. The third-order valence-electron chi connectivity index (χ3n) is 4.89. The Morgan fingerprint density at radius 1 is 1.21 bits per heavy atom. The van der Waals surface area contributed by atoms with Crippen LogP contribution in [0.25, 0.3) is 6.08 Å². The van der Waals surface area contributed by atoms with Crippen molar-refractivity contribution in [3.05, 3.63) is 28.3 Å². The number of benzene rings is 1. The average Bonchev–Trinajstić information content (AvgIpc) is 2.95. The summed E-state index contributed by atoms with van der Waals surface area (Å²) in [7, 11) is 3.46. The van der Waals surface area contributed by atoms with Gasteiger partial charge in [-0.25, -0.2) is 0 Å². The van der Waals surface area contributed by atoms with E-state index in [0.29, 0.717) is 5.92 Å². The number of ether oxygens (including phenoxy) is 2. The van der Waals surface area contributed by atoms with Gasteiger partial charge in [-0.2, -0.15) is 0 Å². The number of fused-ring (bicyclic) bond motifs is 1. The Balaban J connectivity index is 2.22. The summed E-state index contributed by atoms with van der Waals surface area (Å²) in [5, 5.41) is 0. The van der Waals surface area contributed by atoms with Crippen LogP contribution < -0.4 is 9.47 Å². The van der Waals surface area contributed by atoms with Gasteiger partial charge in [-0.05, 0) is 57.1 Å². The average molecular weight is 326 g/mol. The smallest absolute Gasteiger partial charge is 0.165 e. The van der Waals surface area contributed by atoms with E-state index in [1.807, 2.05) is 0 Å². The van der Waals surface area contributed by atoms with E-state index in [4.69, 9.17) is 15.9 Å². The normalized spacial score (nSPS) is 13.5. The molecule has 2 rings (SSSR count). The molecule has 1 aliphatic carbocycles. The van der Waals surface area contributed by atoms with Gasteiger partial charge >= 0.3 is 0 Å². The van der Waals surface area contributed by atoms with Crippen molar-refractivity contribution < 1.29 is 9.47 Å². The number of allylic oxidation sites excluding steroid dienone is 1. The van der Waals surface area contributed by atoms with Crippen molar-refractivity contribution in [1.82, 2.24) is 0 Å². The molecule has 0 aliphatic heterocycles. The predicted octanol–water partition coefficient (Wildman–Crippen LogP) is 5.60. The van der Waals surface area contributed by atoms with Crippen LogP contribution in [0, 0.1) is 17.8 Å². The first kappa shape index (κ1) is 18.5. The van der Waals surface area contributed by atoms with E-state index >= 15 is 0 Å². The minimum absolute atomic E-state index is 0.0161. The molecule has 0 unspecified atom stereocenters. The van der Waals surface area contributed by atoms with Crippen molar-refractivity contribution in [2.45, 2.75) is 59.3 Å². The topological polar surface area (TPSA) is 18.5 Å². The Morgan fingerprint density at radius 2 is 1.88 bits per heavy atom. The number of hydrogen-bond acceptors (Lipinski definition) is 2. The molecule has 0 amide bonds. The third kappa shape index (κ3) is 3.78. The van der Waals surface area contributed by atoms with E-state index in [-0.39, 0.29) is 5.41 Å². The summed E-state index contributed by atoms with van der Waals surface area (Å²) in [6.07, 6.45) is 12.1. The monoisotopic (exact) mass is 326 g/mol. The number of rotatable bonds is 7. The van der Waals surface area contributed by atoms with Crippen LogP contribution in [0.3, 0.4) is 0 Å². The molecule has 1 aromatic rings. The molecule has 0 saturated carbocycles. The maximum absolute atomic E-state index is 5.71. The molecule has 0 N–H and O–H groups in total. The van der Waals surface area contributed by atoms with Crippen LogP contribution in [0.15, 0.2) is 11.6 Å². The predicted molar refractivity (Wildman–Crippen MR) is 102 cm³/mol. The first-order valence-electron chi connectivity index (χ1n) is 8.78. The minimum Gasteiger partial charge on any atom is -0.493 e. The zero-order valence-corrected chi connectivity index (χ0v) is 16.0. The van der Waals surface area contributed by atoms with Crippen LogP contribution in [0.5, 0.6) is 11.5 Å². The number of terminal acetylenes is 1. The highest BCUT2D eigenvalue weighted by Crippen LogP contribution is 2.45. The van der Waals surface area contributed by atoms with Crippen molar-refractivity contribution in [3.63, 3.8) is 0 Å². The van der Waals surface area contributed by atoms with Gasteiger partial charge in [0, 0.05) is 16.5 Å². The summed E-state index contributed by atoms with van der Waals surface area (Å²) in [5.41, 5.74) is 5.18. The molecular formula is C22H30O2. The maximum atomic E-state index is 5.71. The van der Waals surface area contributed by atoms with Crippen molar-refractivity contribution >= 4 is 6.08 Å². The Bertz CT molecular complexity index is 672. The SMILES string of the molecule is C#CC(C)(C)CCCC1=Cc2cc(C(C)C)c(OC)c(OC)c2C1. The van der Waals surface area contributed by atoms with Gasteiger partial charge in [-0.1, -0.05) is 25.5 Å². The van der Waals surface area contributed by atoms with E-state index in [1.54, 1.807) is 14.2 Å². The molecule has 0 atom stereocenters. The van der Waals surface area contributed by atoms with Gasteiger partial charge in [0.15, 0.2) is 11.5 Å². The van der Waals surface area contributed by atoms with Crippen LogP contribution in [0.1, 0.15) is 69.6 Å². The standard InChI is InChI=1S/C22H30O2/c1-8-22(4,5)11-9-10-16-12-17-14-18(15(2)3)20(23-6)21(24-7)19(17)13-16/h1,12,14-15H,9-11,13H2,2-7H3. The lowest BCUT2D eigenvalue weighted by molar-refractivity contribution is 0.347. The summed E-state index contributed by atoms with van der Waals surface area (Å²) < 4.78 is 11.4. The van der Waals surface area contributed by atoms with Crippen LogP contribution in [-0.2, 0) is 6.42 Å². The van der Waals surface area contributed by atoms with Crippen molar-refractivity contribution in [3.8, 4) is 23.8 Å². The second kappa shape index (κ2) is 7.34. The molecule has 0 spiro atoms. The molecule has 1 aromatic carbocycles. The van der Waals surface area contributed by atoms with E-state index in [1.165, 1.54) is 22.3 Å². The fourth-order valence-electron chi connectivity index (χ4n) is 3.37. The Morgan fingerprint density at radius 3 is 2.42 bits per heavy atom. The lowest BCUT2D eigenvalue weighted by atomic mass is 9.87. The molecule has 0 radical (unpaired) electrons. The summed E-state index contributed by atoms with van der Waals surface area (Å²) in [6.45, 7) is 8.64. The molecule has 2 heteroatoms. The minimum atomic E-state index is -0.0161. The first-order chi connectivity index (χ1) is 11.3. The Kier molecular flexibility index (Phi) is 5.65. The van der Waals surface area contributed by atoms with Gasteiger partial charge in [0.2, 0.25) is 0 Å². The van der Waals surface area contributed by atoms with Crippen LogP contribution >= 0.6 is 0 Å². The highest BCUT2D eigenvalue weighted by molar-refractivity contribution is 5.72. The zero-order chi connectivity index (χ0) is 17.9. The molecule has 0 heterocycles. The molecule has 130 valence electrons. The zero-order valence-electron chi connectivity index (χ0n) is 16.0. The van der Waals surface area contributed by atoms with E-state index in [9.17, 15) is 0 Å². The summed E-state index contributed by atoms with van der Waals surface area (Å²) in [4.78, 5) is 0. The fourth-order valence-corrected chi connectivity index (χ4v) is 3.37. The number of hydrogen-bond donors (Lipinski definition) is 0. The molecule has 1 aliphatic rings. The maximum Gasteiger partial charge on any atom is 0.165 e. The van der Waals surface area contributed by atoms with E-state index in [0.717, 1.165) is 37.2 Å². The highest BCUT2D eigenvalue weighted by Gasteiger charge is 2.25. The fraction of sp³-hybridized carbons (Fsp3) is 0.545. The summed E-state index contributed by atoms with van der Waals surface area (Å²) >= 11 is 0. The Hall–Kier alpha value is -1.88. The quantitative estimate of drug-likeness (QED) is 0.608. The Labute approximate surface area is 147 Å². The highest BCUT2D eigenvalue weighted by atomic mass is 16.5. The van der Waals surface area contributed by atoms with Gasteiger partial charge < -0.3 is 9.47 Å². The van der Waals surface area contributed by atoms with Crippen LogP contribution in [-0.4, -0.2) is 14.2 Å². The lowest BCUT2D eigenvalue weighted by Crippen LogP contribution is -2.07. The largest absolute Gasteiger partial charge is 0.493 e. The molecule has 0 fully saturated rings. The van der Waals surface area contributed by atoms with Crippen molar-refractivity contribution in [2.24, 2.45) is 5.41 Å². The molecule has 0 bridgehead atoms. The van der Waals surface area contributed by atoms with Crippen LogP contribution in [0.4, 0.5) is 0 Å². The van der Waals surface area contributed by atoms with Crippen molar-refractivity contribution in [1.29, 1.82) is 0 Å². The lowest BCUT2D eigenvalue weighted by Gasteiger charge is -2.19. The second-order valence-electron chi connectivity index (χ2n) is 7.62. The summed E-state index contributed by atoms with van der Waals surface area (Å²) in [5.74, 6) is 5.06. The molecule has 0 saturated heterocycles. The van der Waals surface area contributed by atoms with Gasteiger partial charge in [0.25, 0.3) is 0 Å². The second-order valence-corrected chi connectivity index (χ2v) is 7.62. The third-order valence-corrected chi connectivity index (χ3v) is 4.89. The summed E-state index contributed by atoms with van der Waals surface area (Å²) in [6, 6.07) is 2.26. The first-order valence-corrected chi connectivity index (χ1v) is 8.78. The van der Waals surface area contributed by atoms with E-state index in [2.05, 4.69) is 45.8 Å².